The molecular weight excluding hydrogens is 306 g/mol. The van der Waals surface area contributed by atoms with Crippen LogP contribution in [0.1, 0.15) is 35.1 Å². The van der Waals surface area contributed by atoms with E-state index in [1.54, 1.807) is 0 Å². The van der Waals surface area contributed by atoms with Crippen LogP contribution in [0.4, 0.5) is 0 Å². The van der Waals surface area contributed by atoms with Crippen LogP contribution >= 0.6 is 11.3 Å². The number of hydrogen-bond acceptors (Lipinski definition) is 4. The molecule has 3 nitrogen and oxygen atoms in total. The predicted octanol–water partition coefficient (Wildman–Crippen LogP) is 3.91. The Morgan fingerprint density at radius 1 is 1.17 bits per heavy atom. The predicted molar refractivity (Wildman–Crippen MR) is 97.0 cm³/mol. The first-order valence-electron chi connectivity index (χ1n) is 8.25. The largest absolute Gasteiger partial charge is 0.494 e. The summed E-state index contributed by atoms with van der Waals surface area (Å²) in [4.78, 5) is 2.76. The lowest BCUT2D eigenvalue weighted by Gasteiger charge is -2.13. The number of benzene rings is 1. The summed E-state index contributed by atoms with van der Waals surface area (Å²) in [6.45, 7) is 4.81. The first-order chi connectivity index (χ1) is 11.0. The lowest BCUT2D eigenvalue weighted by molar-refractivity contribution is 0.119. The minimum Gasteiger partial charge on any atom is -0.494 e. The molecule has 0 fully saturated rings. The Balaban J connectivity index is 1.68. The maximum Gasteiger partial charge on any atom is 0.119 e. The Labute approximate surface area is 143 Å². The molecule has 0 saturated carbocycles. The van der Waals surface area contributed by atoms with Crippen molar-refractivity contribution in [2.75, 3.05) is 6.61 Å². The molecule has 0 aliphatic rings. The van der Waals surface area contributed by atoms with Crippen LogP contribution in [0.15, 0.2) is 36.4 Å². The van der Waals surface area contributed by atoms with E-state index in [4.69, 9.17) is 10.5 Å². The summed E-state index contributed by atoms with van der Waals surface area (Å²) in [5.41, 5.74) is 6.71. The number of rotatable bonds is 9. The molecule has 3 N–H and O–H groups in total. The molecule has 1 unspecified atom stereocenters. The highest BCUT2D eigenvalue weighted by atomic mass is 32.1. The molecule has 1 aromatic carbocycles. The van der Waals surface area contributed by atoms with Crippen molar-refractivity contribution in [2.24, 2.45) is 11.7 Å². The summed E-state index contributed by atoms with van der Waals surface area (Å²) in [5, 5.41) is 9.33. The van der Waals surface area contributed by atoms with Crippen molar-refractivity contribution in [3.8, 4) is 5.75 Å². The third-order valence-corrected chi connectivity index (χ3v) is 5.18. The summed E-state index contributed by atoms with van der Waals surface area (Å²) in [6, 6.07) is 12.6. The van der Waals surface area contributed by atoms with E-state index >= 15 is 0 Å². The zero-order valence-corrected chi connectivity index (χ0v) is 14.8. The van der Waals surface area contributed by atoms with Gasteiger partial charge in [-0.2, -0.15) is 0 Å². The van der Waals surface area contributed by atoms with Gasteiger partial charge in [-0.25, -0.2) is 0 Å². The average Bonchev–Trinajstić information content (AvgIpc) is 2.97. The second kappa shape index (κ2) is 9.06. The van der Waals surface area contributed by atoms with E-state index in [2.05, 4.69) is 31.2 Å². The standard InChI is InChI=1S/C19H27NO2S/c1-14-5-3-6-16(13-14)22-12-4-7-17-10-11-18(23-17)9-8-15(2)19(20)21/h3,5-6,10-11,13,15,19,21H,4,7-9,12,20H2,1-2H3/t15-,19?/m1/s1. The van der Waals surface area contributed by atoms with Crippen LogP contribution in [0.3, 0.4) is 0 Å². The average molecular weight is 333 g/mol. The number of aryl methyl sites for hydroxylation is 3. The number of hydrogen-bond donors (Lipinski definition) is 2. The molecule has 1 heterocycles. The quantitative estimate of drug-likeness (QED) is 0.540. The van der Waals surface area contributed by atoms with Crippen molar-refractivity contribution >= 4 is 11.3 Å². The highest BCUT2D eigenvalue weighted by molar-refractivity contribution is 7.11. The summed E-state index contributed by atoms with van der Waals surface area (Å²) in [5.74, 6) is 1.09. The van der Waals surface area contributed by atoms with E-state index in [9.17, 15) is 5.11 Å². The highest BCUT2D eigenvalue weighted by Gasteiger charge is 2.10. The van der Waals surface area contributed by atoms with E-state index in [1.807, 2.05) is 30.4 Å². The molecule has 4 heteroatoms. The van der Waals surface area contributed by atoms with Gasteiger partial charge in [0.2, 0.25) is 0 Å². The van der Waals surface area contributed by atoms with Crippen LogP contribution in [-0.4, -0.2) is 17.9 Å². The van der Waals surface area contributed by atoms with Gasteiger partial charge in [0, 0.05) is 9.75 Å². The molecule has 2 atom stereocenters. The van der Waals surface area contributed by atoms with E-state index < -0.39 is 6.23 Å². The minimum absolute atomic E-state index is 0.142. The topological polar surface area (TPSA) is 55.5 Å². The first kappa shape index (κ1) is 18.0. The van der Waals surface area contributed by atoms with Gasteiger partial charge in [-0.1, -0.05) is 19.1 Å². The second-order valence-corrected chi connectivity index (χ2v) is 7.40. The van der Waals surface area contributed by atoms with Gasteiger partial charge in [0.15, 0.2) is 0 Å². The van der Waals surface area contributed by atoms with Gasteiger partial charge >= 0.3 is 0 Å². The van der Waals surface area contributed by atoms with Gasteiger partial charge in [0.25, 0.3) is 0 Å². The van der Waals surface area contributed by atoms with E-state index in [0.717, 1.165) is 38.0 Å². The molecule has 0 aliphatic carbocycles. The monoisotopic (exact) mass is 333 g/mol. The molecule has 0 aliphatic heterocycles. The third-order valence-electron chi connectivity index (χ3n) is 3.97. The van der Waals surface area contributed by atoms with Crippen molar-refractivity contribution in [3.05, 3.63) is 51.7 Å². The van der Waals surface area contributed by atoms with Crippen LogP contribution in [0, 0.1) is 12.8 Å². The fourth-order valence-corrected chi connectivity index (χ4v) is 3.45. The zero-order valence-electron chi connectivity index (χ0n) is 14.0. The number of nitrogens with two attached hydrogens (primary N) is 1. The molecule has 23 heavy (non-hydrogen) atoms. The van der Waals surface area contributed by atoms with Gasteiger partial charge in [-0.15, -0.1) is 11.3 Å². The lowest BCUT2D eigenvalue weighted by Crippen LogP contribution is -2.27. The van der Waals surface area contributed by atoms with Crippen molar-refractivity contribution in [3.63, 3.8) is 0 Å². The van der Waals surface area contributed by atoms with E-state index in [-0.39, 0.29) is 5.92 Å². The Kier molecular flexibility index (Phi) is 7.09. The highest BCUT2D eigenvalue weighted by Crippen LogP contribution is 2.21. The first-order valence-corrected chi connectivity index (χ1v) is 9.07. The van der Waals surface area contributed by atoms with Gasteiger partial charge in [-0.05, 0) is 68.4 Å². The van der Waals surface area contributed by atoms with Gasteiger partial charge in [0.1, 0.15) is 12.0 Å². The smallest absolute Gasteiger partial charge is 0.119 e. The van der Waals surface area contributed by atoms with Gasteiger partial charge in [-0.3, -0.25) is 0 Å². The molecule has 0 saturated heterocycles. The molecule has 0 bridgehead atoms. The third kappa shape index (κ3) is 6.34. The van der Waals surface area contributed by atoms with E-state index in [1.165, 1.54) is 15.3 Å². The summed E-state index contributed by atoms with van der Waals surface area (Å²) in [6.07, 6.45) is 3.26. The Morgan fingerprint density at radius 3 is 2.61 bits per heavy atom. The maximum absolute atomic E-state index is 9.33. The SMILES string of the molecule is Cc1cccc(OCCCc2ccc(CC[C@@H](C)C(N)O)s2)c1. The number of thiophene rings is 1. The molecule has 0 radical (unpaired) electrons. The Hall–Kier alpha value is -1.36. The lowest BCUT2D eigenvalue weighted by atomic mass is 10.0. The zero-order chi connectivity index (χ0) is 16.7. The molecule has 0 spiro atoms. The van der Waals surface area contributed by atoms with Crippen molar-refractivity contribution in [1.82, 2.24) is 0 Å². The van der Waals surface area contributed by atoms with Crippen molar-refractivity contribution < 1.29 is 9.84 Å². The normalized spacial score (nSPS) is 13.7. The maximum atomic E-state index is 9.33. The number of aliphatic hydroxyl groups excluding tert-OH is 1. The number of aliphatic hydroxyl groups is 1. The van der Waals surface area contributed by atoms with Crippen LogP contribution in [0.5, 0.6) is 5.75 Å². The molecular formula is C19H27NO2S. The molecule has 1 aromatic heterocycles. The minimum atomic E-state index is -0.715. The Bertz CT molecular complexity index is 595. The second-order valence-electron chi connectivity index (χ2n) is 6.14. The van der Waals surface area contributed by atoms with Crippen LogP contribution in [0.2, 0.25) is 0 Å². The molecule has 2 rings (SSSR count). The summed E-state index contributed by atoms with van der Waals surface area (Å²) in [7, 11) is 0. The van der Waals surface area contributed by atoms with Crippen LogP contribution < -0.4 is 10.5 Å². The van der Waals surface area contributed by atoms with Gasteiger partial charge in [0.05, 0.1) is 6.61 Å². The van der Waals surface area contributed by atoms with Gasteiger partial charge < -0.3 is 15.6 Å². The molecule has 126 valence electrons. The van der Waals surface area contributed by atoms with Crippen molar-refractivity contribution in [1.29, 1.82) is 0 Å². The molecule has 0 amide bonds. The Morgan fingerprint density at radius 2 is 1.91 bits per heavy atom. The number of ether oxygens (including phenoxy) is 1. The molecule has 2 aromatic rings. The fraction of sp³-hybridized carbons (Fsp3) is 0.474. The summed E-state index contributed by atoms with van der Waals surface area (Å²) >= 11 is 1.86. The van der Waals surface area contributed by atoms with E-state index in [0.29, 0.717) is 0 Å². The fourth-order valence-electron chi connectivity index (χ4n) is 2.37. The van der Waals surface area contributed by atoms with Crippen molar-refractivity contribution in [2.45, 2.75) is 45.8 Å². The van der Waals surface area contributed by atoms with Crippen LogP contribution in [-0.2, 0) is 12.8 Å². The summed E-state index contributed by atoms with van der Waals surface area (Å²) < 4.78 is 5.78. The van der Waals surface area contributed by atoms with Crippen LogP contribution in [0.25, 0.3) is 0 Å².